The summed E-state index contributed by atoms with van der Waals surface area (Å²) in [6, 6.07) is 14.7. The maximum absolute atomic E-state index is 12.0. The fourth-order valence-electron chi connectivity index (χ4n) is 1.87. The van der Waals surface area contributed by atoms with Gasteiger partial charge in [0, 0.05) is 5.56 Å². The number of carbonyl (C=O) groups is 1. The number of rotatable bonds is 5. The molecule has 0 N–H and O–H groups in total. The van der Waals surface area contributed by atoms with E-state index in [2.05, 4.69) is 10.4 Å². The summed E-state index contributed by atoms with van der Waals surface area (Å²) in [4.78, 5) is 12.0. The van der Waals surface area contributed by atoms with Crippen LogP contribution in [-0.2, 0) is 0 Å². The normalized spacial score (nSPS) is 12.7. The monoisotopic (exact) mass is 279 g/mol. The lowest BCUT2D eigenvalue weighted by Crippen LogP contribution is -1.94. The maximum Gasteiger partial charge on any atom is 0.185 e. The van der Waals surface area contributed by atoms with E-state index in [0.29, 0.717) is 5.56 Å². The maximum atomic E-state index is 12.0. The zero-order valence-corrected chi connectivity index (χ0v) is 11.4. The Morgan fingerprint density at radius 1 is 1.05 bits per heavy atom. The smallest absolute Gasteiger partial charge is 0.185 e. The highest BCUT2D eigenvalue weighted by Gasteiger charge is 2.12. The summed E-state index contributed by atoms with van der Waals surface area (Å²) in [5, 5.41) is 8.95. The molecule has 2 aromatic rings. The van der Waals surface area contributed by atoms with Gasteiger partial charge >= 0.3 is 0 Å². The molecule has 0 radical (unpaired) electrons. The average molecular weight is 279 g/mol. The Balaban J connectivity index is 1.67. The Kier molecular flexibility index (Phi) is 3.47. The molecule has 2 aromatic carbocycles. The quantitative estimate of drug-likeness (QED) is 0.619. The number of ketones is 1. The predicted molar refractivity (Wildman–Crippen MR) is 80.1 cm³/mol. The number of methoxy groups -OCH3 is 1. The van der Waals surface area contributed by atoms with Crippen LogP contribution >= 0.6 is 0 Å². The Bertz CT molecular complexity index is 697. The molecule has 5 nitrogen and oxygen atoms in total. The molecule has 0 atom stereocenters. The highest BCUT2D eigenvalue weighted by Crippen LogP contribution is 2.23. The van der Waals surface area contributed by atoms with E-state index in [0.717, 1.165) is 17.0 Å². The molecule has 104 valence electrons. The summed E-state index contributed by atoms with van der Waals surface area (Å²) < 4.78 is 5.07. The van der Waals surface area contributed by atoms with Gasteiger partial charge in [-0.05, 0) is 58.5 Å². The SMILES string of the molecule is COc1ccc(C(=O)C=Cc2ccc(N3N=N3)cc2)cc1. The van der Waals surface area contributed by atoms with Crippen molar-refractivity contribution in [3.05, 3.63) is 65.7 Å². The molecule has 1 aliphatic rings. The standard InChI is InChI=1S/C16H13N3O2/c1-21-15-9-5-13(6-10-15)16(20)11-4-12-2-7-14(8-3-12)19-17-18-19/h2-11H,1H3. The highest BCUT2D eigenvalue weighted by atomic mass is 16.5. The lowest BCUT2D eigenvalue weighted by atomic mass is 10.1. The molecule has 5 heteroatoms. The van der Waals surface area contributed by atoms with Crippen molar-refractivity contribution in [2.24, 2.45) is 10.4 Å². The van der Waals surface area contributed by atoms with Crippen molar-refractivity contribution < 1.29 is 9.53 Å². The molecule has 0 bridgehead atoms. The Morgan fingerprint density at radius 3 is 2.29 bits per heavy atom. The summed E-state index contributed by atoms with van der Waals surface area (Å²) >= 11 is 0. The first-order valence-corrected chi connectivity index (χ1v) is 6.44. The van der Waals surface area contributed by atoms with Gasteiger partial charge in [-0.25, -0.2) is 0 Å². The van der Waals surface area contributed by atoms with Crippen LogP contribution in [0.3, 0.4) is 0 Å². The summed E-state index contributed by atoms with van der Waals surface area (Å²) in [7, 11) is 1.60. The third kappa shape index (κ3) is 3.14. The molecule has 1 aliphatic heterocycles. The number of hydrogen-bond acceptors (Lipinski definition) is 5. The van der Waals surface area contributed by atoms with Gasteiger partial charge in [0.2, 0.25) is 0 Å². The molecule has 1 heterocycles. The second-order valence-corrected chi connectivity index (χ2v) is 4.49. The lowest BCUT2D eigenvalue weighted by molar-refractivity contribution is 0.104. The molecular formula is C16H13N3O2. The average Bonchev–Trinajstić information content (AvgIpc) is 3.38. The van der Waals surface area contributed by atoms with E-state index in [-0.39, 0.29) is 5.78 Å². The third-order valence-corrected chi connectivity index (χ3v) is 3.10. The van der Waals surface area contributed by atoms with Crippen LogP contribution in [0.5, 0.6) is 5.75 Å². The molecule has 0 fully saturated rings. The second kappa shape index (κ2) is 5.58. The Hall–Kier alpha value is -2.95. The fraction of sp³-hybridized carbons (Fsp3) is 0.0625. The number of allylic oxidation sites excluding steroid dienone is 1. The number of nitrogens with zero attached hydrogens (tertiary/aromatic N) is 3. The van der Waals surface area contributed by atoms with E-state index < -0.39 is 0 Å². The molecule has 0 unspecified atom stereocenters. The van der Waals surface area contributed by atoms with Crippen molar-refractivity contribution in [1.29, 1.82) is 0 Å². The molecule has 0 aromatic heterocycles. The van der Waals surface area contributed by atoms with Crippen LogP contribution in [0.15, 0.2) is 65.1 Å². The van der Waals surface area contributed by atoms with Gasteiger partial charge in [-0.2, -0.15) is 0 Å². The Labute approximate surface area is 122 Å². The van der Waals surface area contributed by atoms with Crippen LogP contribution in [0, 0.1) is 0 Å². The Morgan fingerprint density at radius 2 is 1.71 bits per heavy atom. The first-order valence-electron chi connectivity index (χ1n) is 6.44. The van der Waals surface area contributed by atoms with Gasteiger partial charge < -0.3 is 4.74 Å². The number of ether oxygens (including phenoxy) is 1. The molecule has 0 aliphatic carbocycles. The van der Waals surface area contributed by atoms with Crippen LogP contribution in [0.2, 0.25) is 0 Å². The van der Waals surface area contributed by atoms with Gasteiger partial charge in [-0.1, -0.05) is 18.2 Å². The molecular weight excluding hydrogens is 266 g/mol. The summed E-state index contributed by atoms with van der Waals surface area (Å²) in [5.41, 5.74) is 2.49. The van der Waals surface area contributed by atoms with E-state index in [9.17, 15) is 4.79 Å². The fourth-order valence-corrected chi connectivity index (χ4v) is 1.87. The summed E-state index contributed by atoms with van der Waals surface area (Å²) in [6.45, 7) is 0. The minimum Gasteiger partial charge on any atom is -0.497 e. The van der Waals surface area contributed by atoms with Gasteiger partial charge in [0.25, 0.3) is 0 Å². The van der Waals surface area contributed by atoms with Crippen LogP contribution in [0.4, 0.5) is 5.69 Å². The number of hydrogen-bond donors (Lipinski definition) is 0. The van der Waals surface area contributed by atoms with Crippen molar-refractivity contribution in [3.8, 4) is 5.75 Å². The van der Waals surface area contributed by atoms with Gasteiger partial charge in [0.15, 0.2) is 5.78 Å². The second-order valence-electron chi connectivity index (χ2n) is 4.49. The topological polar surface area (TPSA) is 54.0 Å². The first kappa shape index (κ1) is 13.1. The molecule has 21 heavy (non-hydrogen) atoms. The van der Waals surface area contributed by atoms with Crippen molar-refractivity contribution in [1.82, 2.24) is 0 Å². The molecule has 0 saturated heterocycles. The zero-order valence-electron chi connectivity index (χ0n) is 11.4. The van der Waals surface area contributed by atoms with Gasteiger partial charge in [0.05, 0.1) is 12.8 Å². The van der Waals surface area contributed by atoms with Crippen LogP contribution in [0.1, 0.15) is 15.9 Å². The van der Waals surface area contributed by atoms with Crippen LogP contribution < -0.4 is 9.85 Å². The first-order chi connectivity index (χ1) is 10.3. The van der Waals surface area contributed by atoms with Gasteiger partial charge in [-0.3, -0.25) is 4.79 Å². The van der Waals surface area contributed by atoms with Crippen molar-refractivity contribution in [3.63, 3.8) is 0 Å². The molecule has 0 spiro atoms. The molecule has 3 rings (SSSR count). The van der Waals surface area contributed by atoms with Gasteiger partial charge in [0.1, 0.15) is 5.75 Å². The van der Waals surface area contributed by atoms with Crippen LogP contribution in [-0.4, -0.2) is 12.9 Å². The number of anilines is 1. The predicted octanol–water partition coefficient (Wildman–Crippen LogP) is 3.69. The van der Waals surface area contributed by atoms with E-state index >= 15 is 0 Å². The van der Waals surface area contributed by atoms with Crippen molar-refractivity contribution in [2.75, 3.05) is 12.2 Å². The minimum absolute atomic E-state index is 0.0438. The largest absolute Gasteiger partial charge is 0.497 e. The van der Waals surface area contributed by atoms with Crippen LogP contribution in [0.25, 0.3) is 6.08 Å². The minimum atomic E-state index is -0.0438. The molecule has 0 saturated carbocycles. The highest BCUT2D eigenvalue weighted by molar-refractivity contribution is 6.06. The van der Waals surface area contributed by atoms with Crippen molar-refractivity contribution in [2.45, 2.75) is 0 Å². The van der Waals surface area contributed by atoms with Gasteiger partial charge in [-0.15, -0.1) is 5.12 Å². The summed E-state index contributed by atoms with van der Waals surface area (Å²) in [6.07, 6.45) is 3.34. The number of carbonyl (C=O) groups excluding carboxylic acids is 1. The third-order valence-electron chi connectivity index (χ3n) is 3.10. The van der Waals surface area contributed by atoms with E-state index in [1.807, 2.05) is 24.3 Å². The molecule has 0 amide bonds. The van der Waals surface area contributed by atoms with E-state index in [1.54, 1.807) is 43.5 Å². The van der Waals surface area contributed by atoms with E-state index in [1.165, 1.54) is 5.12 Å². The number of benzene rings is 2. The lowest BCUT2D eigenvalue weighted by Gasteiger charge is -2.00. The zero-order chi connectivity index (χ0) is 14.7. The summed E-state index contributed by atoms with van der Waals surface area (Å²) in [5.74, 6) is 0.690. The van der Waals surface area contributed by atoms with Crippen molar-refractivity contribution >= 4 is 17.5 Å². The van der Waals surface area contributed by atoms with E-state index in [4.69, 9.17) is 4.74 Å².